The highest BCUT2D eigenvalue weighted by Crippen LogP contribution is 2.58. The molecule has 0 amide bonds. The Morgan fingerprint density at radius 2 is 1.72 bits per heavy atom. The van der Waals surface area contributed by atoms with Crippen LogP contribution in [0.1, 0.15) is 38.0 Å². The van der Waals surface area contributed by atoms with Gasteiger partial charge in [-0.25, -0.2) is 4.79 Å². The van der Waals surface area contributed by atoms with Crippen molar-refractivity contribution in [3.05, 3.63) is 75.8 Å². The molecule has 0 bridgehead atoms. The predicted molar refractivity (Wildman–Crippen MR) is 90.9 cm³/mol. The zero-order valence-corrected chi connectivity index (χ0v) is 14.3. The molecule has 0 aromatic heterocycles. The standard InChI is InChI=1S/C19H19NO5/c1-18(2,3)25-17(21)19(14-9-11-15(12-10-14)20(22)23)16(24-19)13-7-5-4-6-8-13/h4-12,16H,1-3H3/t16-,19+/m0/s1. The number of ether oxygens (including phenoxy) is 2. The minimum Gasteiger partial charge on any atom is -0.457 e. The first-order valence-electron chi connectivity index (χ1n) is 7.95. The molecule has 0 N–H and O–H groups in total. The van der Waals surface area contributed by atoms with E-state index in [2.05, 4.69) is 0 Å². The second kappa shape index (κ2) is 5.97. The molecule has 2 atom stereocenters. The number of carbonyl (C=O) groups is 1. The second-order valence-electron chi connectivity index (χ2n) is 6.95. The van der Waals surface area contributed by atoms with E-state index in [0.717, 1.165) is 5.56 Å². The van der Waals surface area contributed by atoms with Gasteiger partial charge in [0.15, 0.2) is 0 Å². The van der Waals surface area contributed by atoms with Gasteiger partial charge in [0.2, 0.25) is 5.60 Å². The van der Waals surface area contributed by atoms with Crippen LogP contribution < -0.4 is 0 Å². The number of hydrogen-bond acceptors (Lipinski definition) is 5. The monoisotopic (exact) mass is 341 g/mol. The lowest BCUT2D eigenvalue weighted by atomic mass is 9.91. The Morgan fingerprint density at radius 1 is 1.12 bits per heavy atom. The van der Waals surface area contributed by atoms with Crippen LogP contribution in [0.3, 0.4) is 0 Å². The number of benzene rings is 2. The third-order valence-electron chi connectivity index (χ3n) is 3.93. The molecule has 0 saturated carbocycles. The van der Waals surface area contributed by atoms with Gasteiger partial charge in [0, 0.05) is 12.1 Å². The maximum absolute atomic E-state index is 12.9. The van der Waals surface area contributed by atoms with E-state index in [-0.39, 0.29) is 5.69 Å². The van der Waals surface area contributed by atoms with Gasteiger partial charge in [-0.3, -0.25) is 10.1 Å². The molecule has 3 rings (SSSR count). The maximum Gasteiger partial charge on any atom is 0.346 e. The summed E-state index contributed by atoms with van der Waals surface area (Å²) in [5.74, 6) is -0.497. The summed E-state index contributed by atoms with van der Waals surface area (Å²) in [5.41, 5.74) is -0.588. The molecule has 2 aromatic rings. The molecule has 0 aliphatic carbocycles. The summed E-state index contributed by atoms with van der Waals surface area (Å²) in [6.07, 6.45) is -0.481. The van der Waals surface area contributed by atoms with E-state index < -0.39 is 28.2 Å². The fraction of sp³-hybridized carbons (Fsp3) is 0.316. The van der Waals surface area contributed by atoms with Gasteiger partial charge in [0.05, 0.1) is 4.92 Å². The van der Waals surface area contributed by atoms with Gasteiger partial charge < -0.3 is 9.47 Å². The number of carbonyl (C=O) groups excluding carboxylic acids is 1. The number of nitro groups is 1. The highest BCUT2D eigenvalue weighted by Gasteiger charge is 2.66. The zero-order chi connectivity index (χ0) is 18.2. The topological polar surface area (TPSA) is 82.0 Å². The first-order valence-corrected chi connectivity index (χ1v) is 7.95. The lowest BCUT2D eigenvalue weighted by Gasteiger charge is -2.23. The van der Waals surface area contributed by atoms with Crippen molar-refractivity contribution in [3.63, 3.8) is 0 Å². The molecule has 2 aromatic carbocycles. The van der Waals surface area contributed by atoms with Crippen LogP contribution in [0.25, 0.3) is 0 Å². The van der Waals surface area contributed by atoms with Gasteiger partial charge in [-0.15, -0.1) is 0 Å². The number of rotatable bonds is 4. The summed E-state index contributed by atoms with van der Waals surface area (Å²) < 4.78 is 11.4. The minimum absolute atomic E-state index is 0.0417. The molecule has 1 aliphatic rings. The Kier molecular flexibility index (Phi) is 4.08. The van der Waals surface area contributed by atoms with Crippen LogP contribution in [-0.2, 0) is 19.9 Å². The third-order valence-corrected chi connectivity index (χ3v) is 3.93. The number of hydrogen-bond donors (Lipinski definition) is 0. The van der Waals surface area contributed by atoms with Gasteiger partial charge in [-0.05, 0) is 44.0 Å². The fourth-order valence-corrected chi connectivity index (χ4v) is 2.76. The van der Waals surface area contributed by atoms with Gasteiger partial charge in [0.1, 0.15) is 11.7 Å². The van der Waals surface area contributed by atoms with E-state index in [1.165, 1.54) is 12.1 Å². The predicted octanol–water partition coefficient (Wildman–Crippen LogP) is 3.90. The van der Waals surface area contributed by atoms with Crippen molar-refractivity contribution in [2.75, 3.05) is 0 Å². The molecule has 1 saturated heterocycles. The lowest BCUT2D eigenvalue weighted by Crippen LogP contribution is -2.33. The second-order valence-corrected chi connectivity index (χ2v) is 6.95. The van der Waals surface area contributed by atoms with E-state index in [4.69, 9.17) is 9.47 Å². The Labute approximate surface area is 145 Å². The fourth-order valence-electron chi connectivity index (χ4n) is 2.76. The quantitative estimate of drug-likeness (QED) is 0.364. The van der Waals surface area contributed by atoms with Crippen molar-refractivity contribution in [1.29, 1.82) is 0 Å². The van der Waals surface area contributed by atoms with Crippen molar-refractivity contribution in [3.8, 4) is 0 Å². The van der Waals surface area contributed by atoms with Gasteiger partial charge in [-0.1, -0.05) is 30.3 Å². The Bertz CT molecular complexity index is 795. The Hall–Kier alpha value is -2.73. The van der Waals surface area contributed by atoms with Crippen molar-refractivity contribution in [2.45, 2.75) is 38.1 Å². The number of nitro benzene ring substituents is 1. The molecule has 6 heteroatoms. The van der Waals surface area contributed by atoms with Crippen molar-refractivity contribution in [2.24, 2.45) is 0 Å². The molecule has 130 valence electrons. The summed E-state index contributed by atoms with van der Waals surface area (Å²) in [5, 5.41) is 10.9. The normalized spacial score (nSPS) is 22.3. The average Bonchev–Trinajstić information content (AvgIpc) is 3.31. The summed E-state index contributed by atoms with van der Waals surface area (Å²) in [4.78, 5) is 23.3. The minimum atomic E-state index is -1.27. The van der Waals surface area contributed by atoms with Crippen LogP contribution >= 0.6 is 0 Å². The van der Waals surface area contributed by atoms with E-state index in [0.29, 0.717) is 5.56 Å². The number of esters is 1. The molecule has 0 spiro atoms. The first kappa shape index (κ1) is 17.1. The Morgan fingerprint density at radius 3 is 2.24 bits per heavy atom. The SMILES string of the molecule is CC(C)(C)OC(=O)[C@]1(c2ccc([N+](=O)[O-])cc2)O[C@H]1c1ccccc1. The highest BCUT2D eigenvalue weighted by molar-refractivity contribution is 5.86. The molecule has 0 unspecified atom stereocenters. The average molecular weight is 341 g/mol. The Balaban J connectivity index is 1.99. The van der Waals surface area contributed by atoms with Crippen LogP contribution in [0.4, 0.5) is 5.69 Å². The largest absolute Gasteiger partial charge is 0.457 e. The molecule has 25 heavy (non-hydrogen) atoms. The number of non-ortho nitro benzene ring substituents is 1. The molecular formula is C19H19NO5. The van der Waals surface area contributed by atoms with Crippen molar-refractivity contribution >= 4 is 11.7 Å². The molecular weight excluding hydrogens is 322 g/mol. The summed E-state index contributed by atoms with van der Waals surface area (Å²) in [6, 6.07) is 15.2. The highest BCUT2D eigenvalue weighted by atomic mass is 16.7. The molecule has 6 nitrogen and oxygen atoms in total. The van der Waals surface area contributed by atoms with Crippen LogP contribution in [0.2, 0.25) is 0 Å². The van der Waals surface area contributed by atoms with E-state index in [1.807, 2.05) is 30.3 Å². The molecule has 1 aliphatic heterocycles. The van der Waals surface area contributed by atoms with Gasteiger partial charge >= 0.3 is 5.97 Å². The van der Waals surface area contributed by atoms with Crippen molar-refractivity contribution in [1.82, 2.24) is 0 Å². The number of epoxide rings is 1. The van der Waals surface area contributed by atoms with Crippen molar-refractivity contribution < 1.29 is 19.2 Å². The molecule has 1 fully saturated rings. The summed E-state index contributed by atoms with van der Waals surface area (Å²) >= 11 is 0. The molecule has 1 heterocycles. The third kappa shape index (κ3) is 3.25. The van der Waals surface area contributed by atoms with E-state index >= 15 is 0 Å². The summed E-state index contributed by atoms with van der Waals surface area (Å²) in [6.45, 7) is 5.36. The molecule has 0 radical (unpaired) electrons. The van der Waals surface area contributed by atoms with Gasteiger partial charge in [-0.2, -0.15) is 0 Å². The zero-order valence-electron chi connectivity index (χ0n) is 14.3. The van der Waals surface area contributed by atoms with Crippen LogP contribution in [-0.4, -0.2) is 16.5 Å². The van der Waals surface area contributed by atoms with Crippen LogP contribution in [0, 0.1) is 10.1 Å². The van der Waals surface area contributed by atoms with E-state index in [9.17, 15) is 14.9 Å². The first-order chi connectivity index (χ1) is 11.7. The smallest absolute Gasteiger partial charge is 0.346 e. The van der Waals surface area contributed by atoms with Crippen LogP contribution in [0.15, 0.2) is 54.6 Å². The number of nitrogens with zero attached hydrogens (tertiary/aromatic N) is 1. The van der Waals surface area contributed by atoms with E-state index in [1.54, 1.807) is 32.9 Å². The van der Waals surface area contributed by atoms with Gasteiger partial charge in [0.25, 0.3) is 5.69 Å². The lowest BCUT2D eigenvalue weighted by molar-refractivity contribution is -0.384. The summed E-state index contributed by atoms with van der Waals surface area (Å²) in [7, 11) is 0. The van der Waals surface area contributed by atoms with Crippen LogP contribution in [0.5, 0.6) is 0 Å². The maximum atomic E-state index is 12.9.